The van der Waals surface area contributed by atoms with Crippen molar-refractivity contribution in [2.24, 2.45) is 20.0 Å². The Morgan fingerprint density at radius 3 is 0.640 bits per heavy atom. The van der Waals surface area contributed by atoms with Crippen molar-refractivity contribution in [2.75, 3.05) is 0 Å². The number of aliphatic imine (C=N–C) groups is 4. The molecule has 150 valence electrons. The largest absolute Gasteiger partial charge is 2.00 e. The first-order valence-electron chi connectivity index (χ1n) is 8.77. The molecule has 0 aliphatic rings. The van der Waals surface area contributed by atoms with Crippen LogP contribution in [0.15, 0.2) is 20.0 Å². The van der Waals surface area contributed by atoms with Gasteiger partial charge < -0.3 is 13.8 Å². The molecule has 0 aromatic rings. The summed E-state index contributed by atoms with van der Waals surface area (Å²) < 4.78 is 0. The van der Waals surface area contributed by atoms with Crippen LogP contribution < -0.4 is 0 Å². The second-order valence-corrected chi connectivity index (χ2v) is 5.57. The van der Waals surface area contributed by atoms with E-state index in [2.05, 4.69) is 33.8 Å². The molecule has 0 aliphatic heterocycles. The Kier molecular flexibility index (Phi) is 44.1. The van der Waals surface area contributed by atoms with Gasteiger partial charge >= 0.3 is 19.5 Å². The summed E-state index contributed by atoms with van der Waals surface area (Å²) in [5.41, 5.74) is 0. The molecule has 0 heterocycles. The van der Waals surface area contributed by atoms with Crippen molar-refractivity contribution < 1.29 is 19.5 Å². The van der Waals surface area contributed by atoms with Gasteiger partial charge in [0.25, 0.3) is 0 Å². The van der Waals surface area contributed by atoms with E-state index in [1.807, 2.05) is 55.4 Å². The van der Waals surface area contributed by atoms with Crippen molar-refractivity contribution in [1.82, 2.24) is 0 Å². The van der Waals surface area contributed by atoms with Crippen LogP contribution in [-0.2, 0) is 19.5 Å². The molecule has 0 fully saturated rings. The van der Waals surface area contributed by atoms with Crippen LogP contribution in [0.1, 0.15) is 69.2 Å². The quantitative estimate of drug-likeness (QED) is 0.295. The third-order valence-electron chi connectivity index (χ3n) is 1.67. The Balaban J connectivity index is -0.0000000858. The second-order valence-electron chi connectivity index (χ2n) is 5.57. The van der Waals surface area contributed by atoms with Gasteiger partial charge in [-0.25, -0.2) is 0 Å². The van der Waals surface area contributed by atoms with E-state index in [0.29, 0.717) is 24.2 Å². The van der Waals surface area contributed by atoms with Gasteiger partial charge in [0, 0.05) is 49.0 Å². The zero-order valence-corrected chi connectivity index (χ0v) is 19.9. The van der Waals surface area contributed by atoms with E-state index in [9.17, 15) is 0 Å². The topological polar surface area (TPSA) is 49.4 Å². The Morgan fingerprint density at radius 1 is 0.440 bits per heavy atom. The fourth-order valence-electron chi connectivity index (χ4n) is 0.842. The smallest absolute Gasteiger partial charge is 0.346 e. The second kappa shape index (κ2) is 31.1. The van der Waals surface area contributed by atoms with Gasteiger partial charge in [-0.05, 0) is 55.4 Å². The van der Waals surface area contributed by atoms with Gasteiger partial charge in [-0.2, -0.15) is 13.8 Å². The van der Waals surface area contributed by atoms with Crippen LogP contribution in [0, 0.1) is 13.8 Å². The first kappa shape index (κ1) is 35.4. The predicted molar refractivity (Wildman–Crippen MR) is 117 cm³/mol. The van der Waals surface area contributed by atoms with Crippen molar-refractivity contribution in [3.05, 3.63) is 13.8 Å². The zero-order chi connectivity index (χ0) is 20.0. The van der Waals surface area contributed by atoms with E-state index in [4.69, 9.17) is 0 Å². The Morgan fingerprint density at radius 2 is 0.560 bits per heavy atom. The molecule has 0 radical (unpaired) electrons. The maximum atomic E-state index is 4.12. The number of hydrogen-bond acceptors (Lipinski definition) is 4. The molecule has 0 spiro atoms. The maximum absolute atomic E-state index is 4.12. The average molecular weight is 440 g/mol. The molecule has 0 amide bonds. The molecule has 0 N–H and O–H groups in total. The molecule has 25 heavy (non-hydrogen) atoms. The summed E-state index contributed by atoms with van der Waals surface area (Å²) >= 11 is 0. The molecule has 0 atom stereocenters. The number of rotatable bonds is 6. The minimum atomic E-state index is 0. The van der Waals surface area contributed by atoms with Gasteiger partial charge in [-0.15, -0.1) is 0 Å². The minimum absolute atomic E-state index is 0. The van der Waals surface area contributed by atoms with E-state index in [1.54, 1.807) is 38.7 Å². The summed E-state index contributed by atoms with van der Waals surface area (Å²) in [5, 5.41) is 0. The van der Waals surface area contributed by atoms with Crippen molar-refractivity contribution in [3.8, 4) is 0 Å². The average Bonchev–Trinajstić information content (AvgIpc) is 2.52. The van der Waals surface area contributed by atoms with E-state index in [0.717, 1.165) is 0 Å². The fourth-order valence-corrected chi connectivity index (χ4v) is 0.842. The minimum Gasteiger partial charge on any atom is -0.346 e. The molecule has 0 rings (SSSR count). The van der Waals surface area contributed by atoms with Crippen molar-refractivity contribution in [3.63, 3.8) is 0 Å². The molecule has 0 unspecified atom stereocenters. The zero-order valence-electron chi connectivity index (χ0n) is 18.2. The Hall–Kier alpha value is -0.697. The molecule has 0 saturated heterocycles. The van der Waals surface area contributed by atoms with Gasteiger partial charge in [0.05, 0.1) is 0 Å². The third kappa shape index (κ3) is 59.8. The normalized spacial score (nSPS) is 10.9. The summed E-state index contributed by atoms with van der Waals surface area (Å²) in [6, 6.07) is 1.49. The van der Waals surface area contributed by atoms with Gasteiger partial charge in [0.2, 0.25) is 0 Å². The van der Waals surface area contributed by atoms with E-state index in [-0.39, 0.29) is 19.5 Å². The molecule has 0 aliphatic carbocycles. The van der Waals surface area contributed by atoms with Crippen molar-refractivity contribution in [1.29, 1.82) is 0 Å². The van der Waals surface area contributed by atoms with Crippen molar-refractivity contribution in [2.45, 2.75) is 93.4 Å². The molecule has 5 heteroatoms. The summed E-state index contributed by atoms with van der Waals surface area (Å²) in [5.74, 6) is 0. The van der Waals surface area contributed by atoms with Gasteiger partial charge in [0.15, 0.2) is 0 Å². The standard InChI is InChI=1S/2C8H16N2.2C2H5.Ru/c2*1-7(2)9-5-6-10-8(3)4;2*1-2;/h2*5-8H,1-4H3;2*1H2,2H3;/q;;2*-1;+2. The molecule has 0 bridgehead atoms. The first-order valence-corrected chi connectivity index (χ1v) is 8.77. The molecular weight excluding hydrogens is 397 g/mol. The van der Waals surface area contributed by atoms with E-state index in [1.165, 1.54) is 0 Å². The van der Waals surface area contributed by atoms with Crippen LogP contribution >= 0.6 is 0 Å². The molecular formula is C20H42N4Ru. The molecule has 0 aromatic carbocycles. The summed E-state index contributed by atoms with van der Waals surface area (Å²) in [6.45, 7) is 26.3. The molecule has 4 nitrogen and oxygen atoms in total. The Labute approximate surface area is 171 Å². The van der Waals surface area contributed by atoms with Crippen LogP contribution in [0.5, 0.6) is 0 Å². The molecule has 0 saturated carbocycles. The Bertz CT molecular complexity index is 254. The molecule has 0 aromatic heterocycles. The van der Waals surface area contributed by atoms with Gasteiger partial charge in [-0.1, -0.05) is 0 Å². The monoisotopic (exact) mass is 440 g/mol. The SMILES string of the molecule is CC(C)N=CC=NC(C)C.CC(C)N=CC=NC(C)C.[CH2-]C.[CH2-]C.[Ru+2]. The van der Waals surface area contributed by atoms with Crippen LogP contribution in [0.2, 0.25) is 0 Å². The van der Waals surface area contributed by atoms with Gasteiger partial charge in [-0.3, -0.25) is 20.0 Å². The van der Waals surface area contributed by atoms with E-state index < -0.39 is 0 Å². The maximum Gasteiger partial charge on any atom is 2.00 e. The van der Waals surface area contributed by atoms with Crippen LogP contribution in [0.3, 0.4) is 0 Å². The number of hydrogen-bond donors (Lipinski definition) is 0. The fraction of sp³-hybridized carbons (Fsp3) is 0.700. The third-order valence-corrected chi connectivity index (χ3v) is 1.67. The van der Waals surface area contributed by atoms with Crippen LogP contribution in [0.25, 0.3) is 0 Å². The first-order chi connectivity index (χ1) is 11.3. The predicted octanol–water partition coefficient (Wildman–Crippen LogP) is 5.57. The van der Waals surface area contributed by atoms with Crippen LogP contribution in [-0.4, -0.2) is 49.0 Å². The van der Waals surface area contributed by atoms with Crippen LogP contribution in [0.4, 0.5) is 0 Å². The summed E-state index contributed by atoms with van der Waals surface area (Å²) in [4.78, 5) is 16.5. The van der Waals surface area contributed by atoms with Gasteiger partial charge in [0.1, 0.15) is 0 Å². The number of nitrogens with zero attached hydrogens (tertiary/aromatic N) is 4. The summed E-state index contributed by atoms with van der Waals surface area (Å²) in [6.07, 6.45) is 7.02. The van der Waals surface area contributed by atoms with E-state index >= 15 is 0 Å². The summed E-state index contributed by atoms with van der Waals surface area (Å²) in [7, 11) is 0. The van der Waals surface area contributed by atoms with Crippen molar-refractivity contribution >= 4 is 24.9 Å².